The molecule has 1 aliphatic heterocycles. The quantitative estimate of drug-likeness (QED) is 0.556. The molecule has 0 aliphatic carbocycles. The van der Waals surface area contributed by atoms with Crippen molar-refractivity contribution < 1.29 is 31.1 Å². The summed E-state index contributed by atoms with van der Waals surface area (Å²) >= 11 is 0. The minimum Gasteiger partial charge on any atom is -0.324 e. The Bertz CT molecular complexity index is 1180. The van der Waals surface area contributed by atoms with Crippen molar-refractivity contribution in [3.05, 3.63) is 59.8 Å². The van der Waals surface area contributed by atoms with E-state index < -0.39 is 54.9 Å². The summed E-state index contributed by atoms with van der Waals surface area (Å²) in [6.45, 7) is -0.511. The fourth-order valence-corrected chi connectivity index (χ4v) is 3.21. The molecule has 0 spiro atoms. The first-order valence-corrected chi connectivity index (χ1v) is 9.52. The van der Waals surface area contributed by atoms with Gasteiger partial charge in [-0.05, 0) is 12.1 Å². The van der Waals surface area contributed by atoms with E-state index in [1.807, 2.05) is 0 Å². The van der Waals surface area contributed by atoms with Crippen LogP contribution in [0, 0.1) is 5.82 Å². The number of carbonyl (C=O) groups is 1. The lowest BCUT2D eigenvalue weighted by molar-refractivity contribution is -0.141. The van der Waals surface area contributed by atoms with E-state index in [1.54, 1.807) is 0 Å². The first-order chi connectivity index (χ1) is 15.5. The number of nitrogens with one attached hydrogen (secondary N) is 2. The van der Waals surface area contributed by atoms with Gasteiger partial charge in [0.25, 0.3) is 5.92 Å². The lowest BCUT2D eigenvalue weighted by Gasteiger charge is -2.09. The zero-order valence-electron chi connectivity index (χ0n) is 16.6. The molecule has 1 aliphatic rings. The standard InChI is InChI=1S/C19H15F6N7O/c20-12-4-11(30-15(33)5-10-2-1-3-14(29-10)19(23,24)25)7-26-17(12)32-9-28-16(31-32)13-6-18(21,22)8-27-13/h1-4,7,9,13,27H,5-6,8H2,(H,30,33)/t13-/m0/s1. The Morgan fingerprint density at radius 3 is 2.73 bits per heavy atom. The molecule has 3 aromatic rings. The van der Waals surface area contributed by atoms with Crippen LogP contribution >= 0.6 is 0 Å². The molecule has 0 aromatic carbocycles. The molecular formula is C19H15F6N7O. The molecule has 1 saturated heterocycles. The maximum absolute atomic E-state index is 14.5. The Morgan fingerprint density at radius 1 is 1.27 bits per heavy atom. The normalized spacial score (nSPS) is 17.8. The van der Waals surface area contributed by atoms with Gasteiger partial charge in [-0.2, -0.15) is 17.9 Å². The average Bonchev–Trinajstić information content (AvgIpc) is 3.34. The van der Waals surface area contributed by atoms with Crippen LogP contribution in [0.4, 0.5) is 32.0 Å². The number of aromatic nitrogens is 5. The second kappa shape index (κ2) is 8.42. The monoisotopic (exact) mass is 471 g/mol. The Morgan fingerprint density at radius 2 is 2.06 bits per heavy atom. The largest absolute Gasteiger partial charge is 0.433 e. The van der Waals surface area contributed by atoms with Crippen molar-refractivity contribution in [2.45, 2.75) is 31.0 Å². The van der Waals surface area contributed by atoms with Crippen molar-refractivity contribution in [2.24, 2.45) is 0 Å². The summed E-state index contributed by atoms with van der Waals surface area (Å²) in [6.07, 6.45) is -3.38. The van der Waals surface area contributed by atoms with Gasteiger partial charge in [-0.1, -0.05) is 6.07 Å². The predicted molar refractivity (Wildman–Crippen MR) is 101 cm³/mol. The van der Waals surface area contributed by atoms with E-state index in [2.05, 4.69) is 30.7 Å². The first-order valence-electron chi connectivity index (χ1n) is 9.52. The molecule has 33 heavy (non-hydrogen) atoms. The zero-order chi connectivity index (χ0) is 23.8. The smallest absolute Gasteiger partial charge is 0.324 e. The second-order valence-electron chi connectivity index (χ2n) is 7.31. The number of nitrogens with zero attached hydrogens (tertiary/aromatic N) is 5. The number of alkyl halides is 5. The number of hydrogen-bond donors (Lipinski definition) is 2. The van der Waals surface area contributed by atoms with Crippen molar-refractivity contribution >= 4 is 11.6 Å². The summed E-state index contributed by atoms with van der Waals surface area (Å²) in [5.41, 5.74) is -1.30. The molecule has 174 valence electrons. The van der Waals surface area contributed by atoms with E-state index in [1.165, 1.54) is 6.07 Å². The van der Waals surface area contributed by atoms with Gasteiger partial charge in [-0.3, -0.25) is 4.79 Å². The molecule has 2 N–H and O–H groups in total. The number of anilines is 1. The number of amides is 1. The van der Waals surface area contributed by atoms with Crippen molar-refractivity contribution in [1.29, 1.82) is 0 Å². The van der Waals surface area contributed by atoms with E-state index in [-0.39, 0.29) is 23.0 Å². The molecular weight excluding hydrogens is 456 g/mol. The van der Waals surface area contributed by atoms with Crippen LogP contribution < -0.4 is 10.6 Å². The van der Waals surface area contributed by atoms with Crippen molar-refractivity contribution in [1.82, 2.24) is 30.0 Å². The number of pyridine rings is 2. The molecule has 0 bridgehead atoms. The van der Waals surface area contributed by atoms with E-state index in [9.17, 15) is 31.1 Å². The Labute approximate surface area is 182 Å². The molecule has 1 atom stereocenters. The minimum absolute atomic E-state index is 0.0503. The topological polar surface area (TPSA) is 97.6 Å². The molecule has 4 rings (SSSR count). The van der Waals surface area contributed by atoms with E-state index >= 15 is 0 Å². The van der Waals surface area contributed by atoms with Crippen LogP contribution in [0.5, 0.6) is 0 Å². The minimum atomic E-state index is -4.65. The molecule has 1 amide bonds. The third-order valence-corrected chi connectivity index (χ3v) is 4.69. The van der Waals surface area contributed by atoms with Gasteiger partial charge in [0.1, 0.15) is 12.0 Å². The van der Waals surface area contributed by atoms with Crippen LogP contribution in [0.3, 0.4) is 0 Å². The number of hydrogen-bond acceptors (Lipinski definition) is 6. The summed E-state index contributed by atoms with van der Waals surface area (Å²) in [5.74, 6) is -4.74. The molecule has 1 fully saturated rings. The Balaban J connectivity index is 1.43. The van der Waals surface area contributed by atoms with Crippen LogP contribution in [0.25, 0.3) is 5.82 Å². The molecule has 0 unspecified atom stereocenters. The first kappa shape index (κ1) is 22.6. The van der Waals surface area contributed by atoms with Gasteiger partial charge in [0.15, 0.2) is 17.5 Å². The summed E-state index contributed by atoms with van der Waals surface area (Å²) in [4.78, 5) is 23.3. The van der Waals surface area contributed by atoms with Crippen LogP contribution in [-0.2, 0) is 17.4 Å². The summed E-state index contributed by atoms with van der Waals surface area (Å²) < 4.78 is 80.4. The third kappa shape index (κ3) is 5.27. The molecule has 0 radical (unpaired) electrons. The molecule has 8 nitrogen and oxygen atoms in total. The van der Waals surface area contributed by atoms with Crippen LogP contribution in [0.15, 0.2) is 36.8 Å². The predicted octanol–water partition coefficient (Wildman–Crippen LogP) is 3.07. The van der Waals surface area contributed by atoms with E-state index in [0.29, 0.717) is 0 Å². The van der Waals surface area contributed by atoms with Gasteiger partial charge < -0.3 is 10.6 Å². The van der Waals surface area contributed by atoms with Crippen LogP contribution in [-0.4, -0.2) is 43.1 Å². The SMILES string of the molecule is O=C(Cc1cccc(C(F)(F)F)n1)Nc1cnc(-n2cnc([C@@H]3CC(F)(F)CN3)n2)c(F)c1. The Hall–Kier alpha value is -3.55. The molecule has 4 heterocycles. The maximum atomic E-state index is 14.5. The summed E-state index contributed by atoms with van der Waals surface area (Å²) in [6, 6.07) is 3.32. The second-order valence-corrected chi connectivity index (χ2v) is 7.31. The van der Waals surface area contributed by atoms with Crippen LogP contribution in [0.2, 0.25) is 0 Å². The van der Waals surface area contributed by atoms with Gasteiger partial charge in [0.05, 0.1) is 36.6 Å². The third-order valence-electron chi connectivity index (χ3n) is 4.69. The Kier molecular flexibility index (Phi) is 5.78. The fraction of sp³-hybridized carbons (Fsp3) is 0.316. The highest BCUT2D eigenvalue weighted by atomic mass is 19.4. The maximum Gasteiger partial charge on any atom is 0.433 e. The highest BCUT2D eigenvalue weighted by Crippen LogP contribution is 2.32. The fourth-order valence-electron chi connectivity index (χ4n) is 3.21. The van der Waals surface area contributed by atoms with Gasteiger partial charge in [0, 0.05) is 12.5 Å². The van der Waals surface area contributed by atoms with Crippen molar-refractivity contribution in [3.63, 3.8) is 0 Å². The molecule has 3 aromatic heterocycles. The highest BCUT2D eigenvalue weighted by molar-refractivity contribution is 5.91. The lowest BCUT2D eigenvalue weighted by Crippen LogP contribution is -2.19. The number of halogens is 6. The summed E-state index contributed by atoms with van der Waals surface area (Å²) in [5, 5.41) is 8.90. The lowest BCUT2D eigenvalue weighted by atomic mass is 10.2. The van der Waals surface area contributed by atoms with Crippen molar-refractivity contribution in [2.75, 3.05) is 11.9 Å². The van der Waals surface area contributed by atoms with Gasteiger partial charge in [-0.25, -0.2) is 28.1 Å². The van der Waals surface area contributed by atoms with Gasteiger partial charge >= 0.3 is 6.18 Å². The zero-order valence-corrected chi connectivity index (χ0v) is 16.6. The van der Waals surface area contributed by atoms with Crippen molar-refractivity contribution in [3.8, 4) is 5.82 Å². The average molecular weight is 471 g/mol. The molecule has 0 saturated carbocycles. The van der Waals surface area contributed by atoms with Gasteiger partial charge in [0.2, 0.25) is 5.91 Å². The summed E-state index contributed by atoms with van der Waals surface area (Å²) in [7, 11) is 0. The van der Waals surface area contributed by atoms with E-state index in [0.717, 1.165) is 35.4 Å². The number of rotatable bonds is 5. The number of carbonyl (C=O) groups excluding carboxylic acids is 1. The molecule has 14 heteroatoms. The van der Waals surface area contributed by atoms with Gasteiger partial charge in [-0.15, -0.1) is 5.10 Å². The van der Waals surface area contributed by atoms with Crippen LogP contribution in [0.1, 0.15) is 29.7 Å². The van der Waals surface area contributed by atoms with E-state index in [4.69, 9.17) is 0 Å². The highest BCUT2D eigenvalue weighted by Gasteiger charge is 2.41.